The Morgan fingerprint density at radius 2 is 1.68 bits per heavy atom. The Kier molecular flexibility index (Phi) is 6.92. The van der Waals surface area contributed by atoms with Gasteiger partial charge in [-0.05, 0) is 32.4 Å². The lowest BCUT2D eigenvalue weighted by Crippen LogP contribution is -2.07. The summed E-state index contributed by atoms with van der Waals surface area (Å²) in [6, 6.07) is 3.44. The van der Waals surface area contributed by atoms with Crippen LogP contribution in [0, 0.1) is 6.92 Å². The minimum atomic E-state index is 0.103. The van der Waals surface area contributed by atoms with E-state index in [9.17, 15) is 4.79 Å². The quantitative estimate of drug-likeness (QED) is 0.391. The molecule has 0 N–H and O–H groups in total. The number of carbonyl (C=O) groups is 1. The Morgan fingerprint density at radius 1 is 1.05 bits per heavy atom. The minimum absolute atomic E-state index is 0.103. The van der Waals surface area contributed by atoms with Crippen LogP contribution in [0.3, 0.4) is 0 Å². The summed E-state index contributed by atoms with van der Waals surface area (Å²) < 4.78 is 21.1. The molecule has 0 radical (unpaired) electrons. The smallest absolute Gasteiger partial charge is 0.189 e. The maximum Gasteiger partial charge on any atom is 0.189 e. The van der Waals surface area contributed by atoms with Crippen LogP contribution in [-0.2, 0) is 9.47 Å². The highest BCUT2D eigenvalue weighted by Crippen LogP contribution is 2.27. The molecule has 1 rings (SSSR count). The molecule has 0 saturated heterocycles. The Hall–Kier alpha value is -1.59. The summed E-state index contributed by atoms with van der Waals surface area (Å²) >= 11 is 0. The number of hydrogen-bond acceptors (Lipinski definition) is 5. The van der Waals surface area contributed by atoms with E-state index in [-0.39, 0.29) is 13.6 Å². The molecule has 5 nitrogen and oxygen atoms in total. The van der Waals surface area contributed by atoms with Crippen LogP contribution in [0.1, 0.15) is 29.8 Å². The first-order valence-corrected chi connectivity index (χ1v) is 6.23. The second kappa shape index (κ2) is 8.50. The van der Waals surface area contributed by atoms with Crippen molar-refractivity contribution in [1.29, 1.82) is 0 Å². The van der Waals surface area contributed by atoms with Crippen molar-refractivity contribution in [3.05, 3.63) is 23.3 Å². The van der Waals surface area contributed by atoms with Gasteiger partial charge in [-0.3, -0.25) is 4.79 Å². The zero-order valence-electron chi connectivity index (χ0n) is 11.6. The highest BCUT2D eigenvalue weighted by Gasteiger charge is 2.10. The van der Waals surface area contributed by atoms with Gasteiger partial charge in [-0.1, -0.05) is 0 Å². The van der Waals surface area contributed by atoms with E-state index in [1.165, 1.54) is 0 Å². The average Bonchev–Trinajstić information content (AvgIpc) is 2.39. The number of rotatable bonds is 9. The Bertz CT molecular complexity index is 403. The standard InChI is InChI=1S/C14H20O5/c1-4-16-9-18-12-6-11(3)13(8-15)14(7-12)19-10-17-5-2/h6-8H,4-5,9-10H2,1-3H3. The second-order valence-corrected chi connectivity index (χ2v) is 3.78. The average molecular weight is 268 g/mol. The molecular formula is C14H20O5. The summed E-state index contributed by atoms with van der Waals surface area (Å²) in [7, 11) is 0. The van der Waals surface area contributed by atoms with Crippen molar-refractivity contribution >= 4 is 6.29 Å². The lowest BCUT2D eigenvalue weighted by molar-refractivity contribution is 0.0179. The Labute approximate surface area is 113 Å². The molecule has 106 valence electrons. The first kappa shape index (κ1) is 15.5. The topological polar surface area (TPSA) is 54.0 Å². The molecule has 0 saturated carbocycles. The lowest BCUT2D eigenvalue weighted by atomic mass is 10.1. The van der Waals surface area contributed by atoms with Crippen LogP contribution in [0.4, 0.5) is 0 Å². The van der Waals surface area contributed by atoms with Crippen LogP contribution < -0.4 is 9.47 Å². The van der Waals surface area contributed by atoms with Crippen molar-refractivity contribution in [2.24, 2.45) is 0 Å². The largest absolute Gasteiger partial charge is 0.467 e. The maximum absolute atomic E-state index is 11.1. The first-order chi connectivity index (χ1) is 9.22. The zero-order chi connectivity index (χ0) is 14.1. The summed E-state index contributed by atoms with van der Waals surface area (Å²) in [6.07, 6.45) is 0.767. The van der Waals surface area contributed by atoms with Crippen LogP contribution in [-0.4, -0.2) is 33.1 Å². The molecule has 1 aromatic rings. The number of carbonyl (C=O) groups excluding carboxylic acids is 1. The van der Waals surface area contributed by atoms with Crippen molar-refractivity contribution in [1.82, 2.24) is 0 Å². The molecule has 0 fully saturated rings. The molecular weight excluding hydrogens is 248 g/mol. The van der Waals surface area contributed by atoms with Gasteiger partial charge in [0.05, 0.1) is 5.56 Å². The molecule has 0 aliphatic rings. The molecule has 1 aromatic carbocycles. The third-order valence-corrected chi connectivity index (χ3v) is 2.46. The molecule has 5 heteroatoms. The molecule has 0 atom stereocenters. The lowest BCUT2D eigenvalue weighted by Gasteiger charge is -2.13. The second-order valence-electron chi connectivity index (χ2n) is 3.78. The van der Waals surface area contributed by atoms with Gasteiger partial charge in [-0.2, -0.15) is 0 Å². The van der Waals surface area contributed by atoms with Crippen LogP contribution in [0.25, 0.3) is 0 Å². The van der Waals surface area contributed by atoms with Gasteiger partial charge in [-0.15, -0.1) is 0 Å². The van der Waals surface area contributed by atoms with Crippen molar-refractivity contribution < 1.29 is 23.7 Å². The number of ether oxygens (including phenoxy) is 4. The van der Waals surface area contributed by atoms with Gasteiger partial charge in [0.15, 0.2) is 19.9 Å². The van der Waals surface area contributed by atoms with E-state index in [4.69, 9.17) is 18.9 Å². The number of hydrogen-bond donors (Lipinski definition) is 0. The van der Waals surface area contributed by atoms with Gasteiger partial charge in [0.25, 0.3) is 0 Å². The van der Waals surface area contributed by atoms with E-state index in [0.29, 0.717) is 30.3 Å². The van der Waals surface area contributed by atoms with E-state index in [2.05, 4.69) is 0 Å². The normalized spacial score (nSPS) is 10.3. The predicted molar refractivity (Wildman–Crippen MR) is 70.8 cm³/mol. The molecule has 0 amide bonds. The number of aryl methyl sites for hydroxylation is 1. The summed E-state index contributed by atoms with van der Waals surface area (Å²) in [5.41, 5.74) is 1.29. The van der Waals surface area contributed by atoms with Crippen LogP contribution >= 0.6 is 0 Å². The van der Waals surface area contributed by atoms with Gasteiger partial charge in [0.1, 0.15) is 11.5 Å². The van der Waals surface area contributed by atoms with Crippen molar-refractivity contribution in [3.63, 3.8) is 0 Å². The highest BCUT2D eigenvalue weighted by molar-refractivity contribution is 5.82. The molecule has 0 unspecified atom stereocenters. The molecule has 19 heavy (non-hydrogen) atoms. The van der Waals surface area contributed by atoms with Crippen LogP contribution in [0.2, 0.25) is 0 Å². The summed E-state index contributed by atoms with van der Waals surface area (Å²) in [6.45, 7) is 6.99. The van der Waals surface area contributed by atoms with Crippen LogP contribution in [0.5, 0.6) is 11.5 Å². The maximum atomic E-state index is 11.1. The van der Waals surface area contributed by atoms with E-state index in [0.717, 1.165) is 11.8 Å². The molecule has 0 aliphatic heterocycles. The van der Waals surface area contributed by atoms with Crippen molar-refractivity contribution in [3.8, 4) is 11.5 Å². The molecule has 0 bridgehead atoms. The van der Waals surface area contributed by atoms with Gasteiger partial charge in [0, 0.05) is 19.3 Å². The van der Waals surface area contributed by atoms with Gasteiger partial charge in [-0.25, -0.2) is 0 Å². The van der Waals surface area contributed by atoms with E-state index in [1.54, 1.807) is 12.1 Å². The third kappa shape index (κ3) is 4.89. The molecule has 0 spiro atoms. The molecule has 0 aromatic heterocycles. The van der Waals surface area contributed by atoms with E-state index in [1.807, 2.05) is 20.8 Å². The molecule has 0 heterocycles. The fourth-order valence-electron chi connectivity index (χ4n) is 1.47. The first-order valence-electron chi connectivity index (χ1n) is 6.23. The third-order valence-electron chi connectivity index (χ3n) is 2.46. The van der Waals surface area contributed by atoms with Gasteiger partial charge < -0.3 is 18.9 Å². The van der Waals surface area contributed by atoms with E-state index < -0.39 is 0 Å². The zero-order valence-corrected chi connectivity index (χ0v) is 11.6. The number of aldehydes is 1. The highest BCUT2D eigenvalue weighted by atomic mass is 16.7. The predicted octanol–water partition coefficient (Wildman–Crippen LogP) is 2.55. The minimum Gasteiger partial charge on any atom is -0.467 e. The van der Waals surface area contributed by atoms with Gasteiger partial charge >= 0.3 is 0 Å². The van der Waals surface area contributed by atoms with Gasteiger partial charge in [0.2, 0.25) is 0 Å². The molecule has 0 aliphatic carbocycles. The summed E-state index contributed by atoms with van der Waals surface area (Å²) in [5.74, 6) is 1.05. The Morgan fingerprint density at radius 3 is 2.26 bits per heavy atom. The summed E-state index contributed by atoms with van der Waals surface area (Å²) in [4.78, 5) is 11.1. The fourth-order valence-corrected chi connectivity index (χ4v) is 1.47. The van der Waals surface area contributed by atoms with E-state index >= 15 is 0 Å². The monoisotopic (exact) mass is 268 g/mol. The number of benzene rings is 1. The fraction of sp³-hybridized carbons (Fsp3) is 0.500. The Balaban J connectivity index is 2.81. The van der Waals surface area contributed by atoms with Crippen molar-refractivity contribution in [2.45, 2.75) is 20.8 Å². The van der Waals surface area contributed by atoms with Crippen LogP contribution in [0.15, 0.2) is 12.1 Å². The van der Waals surface area contributed by atoms with Crippen molar-refractivity contribution in [2.75, 3.05) is 26.8 Å². The summed E-state index contributed by atoms with van der Waals surface area (Å²) in [5, 5.41) is 0. The SMILES string of the molecule is CCOCOc1cc(C)c(C=O)c(OCOCC)c1.